The van der Waals surface area contributed by atoms with E-state index < -0.39 is 0 Å². The van der Waals surface area contributed by atoms with Crippen LogP contribution in [0.2, 0.25) is 0 Å². The number of nitrogens with one attached hydrogen (secondary N) is 1. The van der Waals surface area contributed by atoms with Gasteiger partial charge in [0.05, 0.1) is 18.3 Å². The number of carbonyl (C=O) groups excluding carboxylic acids is 1. The molecule has 1 aromatic carbocycles. The molecule has 1 amide bonds. The van der Waals surface area contributed by atoms with E-state index in [4.69, 9.17) is 0 Å². The Morgan fingerprint density at radius 2 is 2.05 bits per heavy atom. The highest BCUT2D eigenvalue weighted by atomic mass is 35.5. The van der Waals surface area contributed by atoms with Crippen LogP contribution in [0, 0.1) is 0 Å². The third kappa shape index (κ3) is 4.88. The van der Waals surface area contributed by atoms with Crippen molar-refractivity contribution in [3.8, 4) is 0 Å². The molecule has 1 heterocycles. The third-order valence-corrected chi connectivity index (χ3v) is 3.11. The number of carbonyl (C=O) groups is 1. The molecule has 5 nitrogen and oxygen atoms in total. The first-order valence-corrected chi connectivity index (χ1v) is 6.67. The van der Waals surface area contributed by atoms with Crippen molar-refractivity contribution < 1.29 is 4.79 Å². The summed E-state index contributed by atoms with van der Waals surface area (Å²) in [4.78, 5) is 13.9. The number of hydrogen-bond acceptors (Lipinski definition) is 3. The lowest BCUT2D eigenvalue weighted by Gasteiger charge is -2.15. The van der Waals surface area contributed by atoms with Gasteiger partial charge in [-0.1, -0.05) is 30.3 Å². The fourth-order valence-corrected chi connectivity index (χ4v) is 1.93. The molecule has 0 fully saturated rings. The van der Waals surface area contributed by atoms with Crippen molar-refractivity contribution in [1.29, 1.82) is 0 Å². The minimum absolute atomic E-state index is 0. The molecular weight excluding hydrogens is 288 g/mol. The Kier molecular flexibility index (Phi) is 6.91. The zero-order valence-corrected chi connectivity index (χ0v) is 13.1. The van der Waals surface area contributed by atoms with Crippen LogP contribution in [0.5, 0.6) is 0 Å². The quantitative estimate of drug-likeness (QED) is 0.883. The van der Waals surface area contributed by atoms with Crippen LogP contribution in [0.4, 0.5) is 0 Å². The molecule has 0 unspecified atom stereocenters. The first kappa shape index (κ1) is 17.2. The summed E-state index contributed by atoms with van der Waals surface area (Å²) in [7, 11) is 3.67. The second-order valence-corrected chi connectivity index (χ2v) is 4.74. The van der Waals surface area contributed by atoms with Crippen LogP contribution in [0.1, 0.15) is 15.9 Å². The predicted molar refractivity (Wildman–Crippen MR) is 85.9 cm³/mol. The molecule has 0 aliphatic rings. The van der Waals surface area contributed by atoms with Gasteiger partial charge in [0.25, 0.3) is 5.91 Å². The van der Waals surface area contributed by atoms with Crippen molar-refractivity contribution in [3.05, 3.63) is 53.9 Å². The maximum Gasteiger partial charge on any atom is 0.256 e. The summed E-state index contributed by atoms with van der Waals surface area (Å²) in [6.07, 6.45) is 3.42. The van der Waals surface area contributed by atoms with Crippen molar-refractivity contribution in [2.24, 2.45) is 0 Å². The Morgan fingerprint density at radius 3 is 2.71 bits per heavy atom. The fourth-order valence-electron chi connectivity index (χ4n) is 1.93. The SMILES string of the molecule is CNCCN(C)C(=O)c1cnn(Cc2ccccc2)c1.Cl. The third-order valence-electron chi connectivity index (χ3n) is 3.11. The van der Waals surface area contributed by atoms with E-state index in [1.54, 1.807) is 29.0 Å². The predicted octanol–water partition coefficient (Wildman–Crippen LogP) is 1.64. The van der Waals surface area contributed by atoms with Crippen LogP contribution >= 0.6 is 12.4 Å². The highest BCUT2D eigenvalue weighted by Crippen LogP contribution is 2.06. The molecule has 21 heavy (non-hydrogen) atoms. The molecule has 0 aliphatic heterocycles. The van der Waals surface area contributed by atoms with Gasteiger partial charge in [-0.05, 0) is 12.6 Å². The Labute approximate surface area is 131 Å². The van der Waals surface area contributed by atoms with Crippen LogP contribution in [0.15, 0.2) is 42.7 Å². The van der Waals surface area contributed by atoms with Crippen LogP contribution in [-0.2, 0) is 6.54 Å². The molecule has 114 valence electrons. The van der Waals surface area contributed by atoms with Gasteiger partial charge in [-0.15, -0.1) is 12.4 Å². The van der Waals surface area contributed by atoms with Crippen molar-refractivity contribution >= 4 is 18.3 Å². The van der Waals surface area contributed by atoms with Gasteiger partial charge >= 0.3 is 0 Å². The molecule has 0 atom stereocenters. The zero-order chi connectivity index (χ0) is 14.4. The largest absolute Gasteiger partial charge is 0.340 e. The molecule has 2 rings (SSSR count). The summed E-state index contributed by atoms with van der Waals surface area (Å²) < 4.78 is 1.79. The van der Waals surface area contributed by atoms with Gasteiger partial charge in [-0.25, -0.2) is 0 Å². The molecule has 1 N–H and O–H groups in total. The Hall–Kier alpha value is -1.85. The van der Waals surface area contributed by atoms with E-state index in [-0.39, 0.29) is 18.3 Å². The van der Waals surface area contributed by atoms with Crippen LogP contribution in [0.3, 0.4) is 0 Å². The zero-order valence-electron chi connectivity index (χ0n) is 12.3. The van der Waals surface area contributed by atoms with E-state index >= 15 is 0 Å². The number of amides is 1. The van der Waals surface area contributed by atoms with E-state index in [1.165, 1.54) is 0 Å². The second-order valence-electron chi connectivity index (χ2n) is 4.74. The van der Waals surface area contributed by atoms with Crippen LogP contribution in [0.25, 0.3) is 0 Å². The monoisotopic (exact) mass is 308 g/mol. The second kappa shape index (κ2) is 8.44. The van der Waals surface area contributed by atoms with E-state index in [9.17, 15) is 4.79 Å². The van der Waals surface area contributed by atoms with E-state index in [1.807, 2.05) is 37.4 Å². The van der Waals surface area contributed by atoms with Crippen molar-refractivity contribution in [3.63, 3.8) is 0 Å². The highest BCUT2D eigenvalue weighted by Gasteiger charge is 2.13. The molecule has 0 saturated heterocycles. The van der Waals surface area contributed by atoms with E-state index in [2.05, 4.69) is 10.4 Å². The molecule has 0 bridgehead atoms. The molecule has 1 aromatic heterocycles. The van der Waals surface area contributed by atoms with Gasteiger partial charge in [0.2, 0.25) is 0 Å². The Balaban J connectivity index is 0.00000220. The molecule has 0 saturated carbocycles. The summed E-state index contributed by atoms with van der Waals surface area (Å²) in [5.74, 6) is -0.000406. The maximum atomic E-state index is 12.2. The molecule has 0 aliphatic carbocycles. The van der Waals surface area contributed by atoms with Crippen LogP contribution < -0.4 is 5.32 Å². The minimum atomic E-state index is -0.000406. The number of nitrogens with zero attached hydrogens (tertiary/aromatic N) is 3. The lowest BCUT2D eigenvalue weighted by Crippen LogP contribution is -2.32. The minimum Gasteiger partial charge on any atom is -0.340 e. The summed E-state index contributed by atoms with van der Waals surface area (Å²) in [6.45, 7) is 2.13. The fraction of sp³-hybridized carbons (Fsp3) is 0.333. The normalized spacial score (nSPS) is 10.0. The van der Waals surface area contributed by atoms with Crippen molar-refractivity contribution in [1.82, 2.24) is 20.0 Å². The maximum absolute atomic E-state index is 12.2. The summed E-state index contributed by atoms with van der Waals surface area (Å²) in [5.41, 5.74) is 1.79. The van der Waals surface area contributed by atoms with Gasteiger partial charge in [-0.3, -0.25) is 9.48 Å². The number of benzene rings is 1. The molecule has 0 radical (unpaired) electrons. The topological polar surface area (TPSA) is 50.2 Å². The van der Waals surface area contributed by atoms with Crippen LogP contribution in [-0.4, -0.2) is 47.8 Å². The average Bonchev–Trinajstić information content (AvgIpc) is 2.93. The van der Waals surface area contributed by atoms with Gasteiger partial charge in [-0.2, -0.15) is 5.10 Å². The number of aromatic nitrogens is 2. The number of hydrogen-bond donors (Lipinski definition) is 1. The van der Waals surface area contributed by atoms with Gasteiger partial charge in [0.1, 0.15) is 0 Å². The average molecular weight is 309 g/mol. The summed E-state index contributed by atoms with van der Waals surface area (Å²) in [5, 5.41) is 7.28. The first-order valence-electron chi connectivity index (χ1n) is 6.67. The molecular formula is C15H21ClN4O. The number of halogens is 1. The van der Waals surface area contributed by atoms with Gasteiger partial charge in [0.15, 0.2) is 0 Å². The summed E-state index contributed by atoms with van der Waals surface area (Å²) >= 11 is 0. The van der Waals surface area contributed by atoms with Gasteiger partial charge < -0.3 is 10.2 Å². The molecule has 2 aromatic rings. The van der Waals surface area contributed by atoms with E-state index in [0.717, 1.165) is 12.1 Å². The lowest BCUT2D eigenvalue weighted by atomic mass is 10.2. The Bertz CT molecular complexity index is 556. The molecule has 6 heteroatoms. The standard InChI is InChI=1S/C15H20N4O.ClH/c1-16-8-9-18(2)15(20)14-10-17-19(12-14)11-13-6-4-3-5-7-13;/h3-7,10,12,16H,8-9,11H2,1-2H3;1H. The summed E-state index contributed by atoms with van der Waals surface area (Å²) in [6, 6.07) is 10.1. The van der Waals surface area contributed by atoms with Crippen molar-refractivity contribution in [2.75, 3.05) is 27.2 Å². The molecule has 0 spiro atoms. The number of rotatable bonds is 6. The highest BCUT2D eigenvalue weighted by molar-refractivity contribution is 5.93. The lowest BCUT2D eigenvalue weighted by molar-refractivity contribution is 0.0797. The number of likely N-dealkylation sites (N-methyl/N-ethyl adjacent to an activating group) is 2. The smallest absolute Gasteiger partial charge is 0.256 e. The van der Waals surface area contributed by atoms with Crippen molar-refractivity contribution in [2.45, 2.75) is 6.54 Å². The first-order chi connectivity index (χ1) is 9.70. The van der Waals surface area contributed by atoms with E-state index in [0.29, 0.717) is 18.7 Å². The Morgan fingerprint density at radius 1 is 1.33 bits per heavy atom. The van der Waals surface area contributed by atoms with Gasteiger partial charge in [0, 0.05) is 26.3 Å².